The van der Waals surface area contributed by atoms with E-state index < -0.39 is 28.8 Å². The van der Waals surface area contributed by atoms with Crippen LogP contribution in [0.4, 0.5) is 8.78 Å². The van der Waals surface area contributed by atoms with E-state index in [9.17, 15) is 23.5 Å². The molecule has 5 nitrogen and oxygen atoms in total. The Morgan fingerprint density at radius 2 is 1.89 bits per heavy atom. The fraction of sp³-hybridized carbons (Fsp3) is 0.167. The van der Waals surface area contributed by atoms with Crippen molar-refractivity contribution in [1.29, 1.82) is 0 Å². The van der Waals surface area contributed by atoms with E-state index in [1.165, 1.54) is 18.2 Å². The first kappa shape index (κ1) is 13.0. The molecule has 1 aromatic heterocycles. The minimum atomic E-state index is -1.44. The third-order valence-corrected chi connectivity index (χ3v) is 2.68. The number of halogens is 2. The molecule has 0 spiro atoms. The van der Waals surface area contributed by atoms with Crippen molar-refractivity contribution in [2.45, 2.75) is 13.0 Å². The number of aromatic hydroxyl groups is 1. The van der Waals surface area contributed by atoms with E-state index in [2.05, 4.69) is 0 Å². The van der Waals surface area contributed by atoms with Crippen LogP contribution < -0.4 is 11.2 Å². The summed E-state index contributed by atoms with van der Waals surface area (Å²) >= 11 is 0. The van der Waals surface area contributed by atoms with E-state index >= 15 is 0 Å². The molecule has 0 atom stereocenters. The summed E-state index contributed by atoms with van der Waals surface area (Å²) in [7, 11) is 0. The summed E-state index contributed by atoms with van der Waals surface area (Å²) in [6.07, 6.45) is 0.0750. The van der Waals surface area contributed by atoms with E-state index in [-0.39, 0.29) is 13.0 Å². The maximum absolute atomic E-state index is 13.4. The van der Waals surface area contributed by atoms with Crippen molar-refractivity contribution in [3.8, 4) is 5.88 Å². The normalized spacial score (nSPS) is 10.6. The van der Waals surface area contributed by atoms with Crippen LogP contribution in [-0.4, -0.2) is 14.7 Å². The predicted octanol–water partition coefficient (Wildman–Crippen LogP) is 0.763. The molecule has 1 heterocycles. The number of aryl methyl sites for hydroxylation is 1. The number of rotatable bonds is 3. The highest BCUT2D eigenvalue weighted by atomic mass is 19.1. The van der Waals surface area contributed by atoms with E-state index in [0.29, 0.717) is 10.1 Å². The summed E-state index contributed by atoms with van der Waals surface area (Å²) in [5.41, 5.74) is -1.91. The van der Waals surface area contributed by atoms with Gasteiger partial charge in [0, 0.05) is 6.54 Å². The Morgan fingerprint density at radius 3 is 2.58 bits per heavy atom. The van der Waals surface area contributed by atoms with Crippen LogP contribution in [0, 0.1) is 11.6 Å². The quantitative estimate of drug-likeness (QED) is 0.863. The molecule has 7 heteroatoms. The van der Waals surface area contributed by atoms with Gasteiger partial charge >= 0.3 is 5.69 Å². The molecule has 2 aromatic rings. The lowest BCUT2D eigenvalue weighted by Crippen LogP contribution is -2.32. The number of aromatic amines is 1. The van der Waals surface area contributed by atoms with Crippen molar-refractivity contribution >= 4 is 0 Å². The van der Waals surface area contributed by atoms with Gasteiger partial charge < -0.3 is 5.11 Å². The smallest absolute Gasteiger partial charge is 0.331 e. The van der Waals surface area contributed by atoms with Crippen molar-refractivity contribution < 1.29 is 13.9 Å². The molecular weight excluding hydrogens is 258 g/mol. The lowest BCUT2D eigenvalue weighted by Gasteiger charge is -2.08. The monoisotopic (exact) mass is 268 g/mol. The van der Waals surface area contributed by atoms with Gasteiger partial charge in [-0.2, -0.15) is 4.39 Å². The van der Waals surface area contributed by atoms with Crippen molar-refractivity contribution in [2.75, 3.05) is 0 Å². The van der Waals surface area contributed by atoms with Crippen molar-refractivity contribution in [2.24, 2.45) is 0 Å². The maximum Gasteiger partial charge on any atom is 0.331 e. The van der Waals surface area contributed by atoms with Crippen LogP contribution >= 0.6 is 0 Å². The topological polar surface area (TPSA) is 75.1 Å². The maximum atomic E-state index is 13.4. The molecule has 0 fully saturated rings. The zero-order chi connectivity index (χ0) is 14.0. The molecular formula is C12H10F2N2O3. The summed E-state index contributed by atoms with van der Waals surface area (Å²) < 4.78 is 27.1. The average Bonchev–Trinajstić information content (AvgIpc) is 2.38. The van der Waals surface area contributed by atoms with E-state index in [1.807, 2.05) is 0 Å². The van der Waals surface area contributed by atoms with Crippen LogP contribution in [0.1, 0.15) is 5.56 Å². The third kappa shape index (κ3) is 2.54. The zero-order valence-corrected chi connectivity index (χ0v) is 9.69. The Hall–Kier alpha value is -2.44. The Morgan fingerprint density at radius 1 is 1.21 bits per heavy atom. The van der Waals surface area contributed by atoms with Crippen LogP contribution in [0.2, 0.25) is 0 Å². The second-order valence-electron chi connectivity index (χ2n) is 3.89. The van der Waals surface area contributed by atoms with Crippen LogP contribution in [0.15, 0.2) is 33.9 Å². The third-order valence-electron chi connectivity index (χ3n) is 2.68. The van der Waals surface area contributed by atoms with Gasteiger partial charge in [0.1, 0.15) is 5.82 Å². The summed E-state index contributed by atoms with van der Waals surface area (Å²) in [5, 5.41) is 9.38. The zero-order valence-electron chi connectivity index (χ0n) is 9.69. The second-order valence-corrected chi connectivity index (χ2v) is 3.89. The lowest BCUT2D eigenvalue weighted by molar-refractivity contribution is 0.360. The molecule has 100 valence electrons. The van der Waals surface area contributed by atoms with Gasteiger partial charge in [0.2, 0.25) is 11.7 Å². The summed E-state index contributed by atoms with van der Waals surface area (Å²) in [6.45, 7) is -0.153. The van der Waals surface area contributed by atoms with Gasteiger partial charge in [0.15, 0.2) is 0 Å². The molecule has 19 heavy (non-hydrogen) atoms. The second kappa shape index (κ2) is 5.05. The van der Waals surface area contributed by atoms with Crippen molar-refractivity contribution in [3.63, 3.8) is 0 Å². The van der Waals surface area contributed by atoms with E-state index in [1.54, 1.807) is 11.1 Å². The Bertz CT molecular complexity index is 722. The molecule has 0 amide bonds. The molecule has 0 saturated heterocycles. The Balaban J connectivity index is 2.31. The van der Waals surface area contributed by atoms with Gasteiger partial charge in [-0.15, -0.1) is 0 Å². The van der Waals surface area contributed by atoms with Crippen LogP contribution in [0.5, 0.6) is 5.88 Å². The summed E-state index contributed by atoms with van der Waals surface area (Å²) in [5.74, 6) is -2.95. The standard InChI is InChI=1S/C12H10F2N2O3/c13-8-4-2-1-3-7(8)5-6-16-11(18)9(14)10(17)15-12(16)19/h1-4,18H,5-6H2,(H,15,17,19). The summed E-state index contributed by atoms with van der Waals surface area (Å²) in [6, 6.07) is 5.90. The minimum absolute atomic E-state index is 0.0750. The first-order valence-corrected chi connectivity index (χ1v) is 5.45. The fourth-order valence-electron chi connectivity index (χ4n) is 1.68. The lowest BCUT2D eigenvalue weighted by atomic mass is 10.1. The molecule has 0 aliphatic heterocycles. The molecule has 2 N–H and O–H groups in total. The van der Waals surface area contributed by atoms with Gasteiger partial charge in [-0.1, -0.05) is 18.2 Å². The SMILES string of the molecule is O=c1[nH]c(=O)n(CCc2ccccc2F)c(O)c1F. The number of hydrogen-bond donors (Lipinski definition) is 2. The number of nitrogens with zero attached hydrogens (tertiary/aromatic N) is 1. The fourth-order valence-corrected chi connectivity index (χ4v) is 1.68. The van der Waals surface area contributed by atoms with Gasteiger partial charge in [-0.25, -0.2) is 9.18 Å². The molecule has 0 radical (unpaired) electrons. The number of hydrogen-bond acceptors (Lipinski definition) is 3. The Kier molecular flexibility index (Phi) is 3.46. The number of aromatic nitrogens is 2. The first-order chi connectivity index (χ1) is 9.00. The van der Waals surface area contributed by atoms with Gasteiger partial charge in [0.05, 0.1) is 0 Å². The van der Waals surface area contributed by atoms with Gasteiger partial charge in [0.25, 0.3) is 5.56 Å². The van der Waals surface area contributed by atoms with Crippen LogP contribution in [0.25, 0.3) is 0 Å². The van der Waals surface area contributed by atoms with E-state index in [4.69, 9.17) is 0 Å². The molecule has 0 bridgehead atoms. The molecule has 0 aliphatic rings. The predicted molar refractivity (Wildman–Crippen MR) is 63.0 cm³/mol. The van der Waals surface area contributed by atoms with Gasteiger partial charge in [-0.05, 0) is 18.1 Å². The Labute approximate surface area is 105 Å². The molecule has 2 rings (SSSR count). The number of nitrogens with one attached hydrogen (secondary N) is 1. The minimum Gasteiger partial charge on any atom is -0.492 e. The van der Waals surface area contributed by atoms with Crippen molar-refractivity contribution in [3.05, 3.63) is 62.3 Å². The number of benzene rings is 1. The van der Waals surface area contributed by atoms with E-state index in [0.717, 1.165) is 0 Å². The highest BCUT2D eigenvalue weighted by Gasteiger charge is 2.13. The van der Waals surface area contributed by atoms with Crippen LogP contribution in [0.3, 0.4) is 0 Å². The number of H-pyrrole nitrogens is 1. The highest BCUT2D eigenvalue weighted by Crippen LogP contribution is 2.11. The largest absolute Gasteiger partial charge is 0.492 e. The molecule has 0 saturated carbocycles. The highest BCUT2D eigenvalue weighted by molar-refractivity contribution is 5.18. The first-order valence-electron chi connectivity index (χ1n) is 5.45. The molecule has 0 unspecified atom stereocenters. The molecule has 0 aliphatic carbocycles. The van der Waals surface area contributed by atoms with Crippen LogP contribution in [-0.2, 0) is 13.0 Å². The summed E-state index contributed by atoms with van der Waals surface area (Å²) in [4.78, 5) is 24.0. The van der Waals surface area contributed by atoms with Gasteiger partial charge in [-0.3, -0.25) is 14.3 Å². The molecule has 1 aromatic carbocycles. The average molecular weight is 268 g/mol. The van der Waals surface area contributed by atoms with Crippen molar-refractivity contribution in [1.82, 2.24) is 9.55 Å².